The zero-order valence-electron chi connectivity index (χ0n) is 23.8. The van der Waals surface area contributed by atoms with Gasteiger partial charge in [0, 0.05) is 24.2 Å². The number of anilines is 3. The molecule has 1 aliphatic heterocycles. The van der Waals surface area contributed by atoms with E-state index in [0.717, 1.165) is 31.3 Å². The van der Waals surface area contributed by atoms with E-state index in [1.165, 1.54) is 29.3 Å². The maximum absolute atomic E-state index is 13.9. The van der Waals surface area contributed by atoms with Crippen LogP contribution in [-0.4, -0.2) is 33.3 Å². The Kier molecular flexibility index (Phi) is 8.97. The number of amides is 1. The number of allylic oxidation sites excluding steroid dienone is 5. The highest BCUT2D eigenvalue weighted by atomic mass is 16.3. The van der Waals surface area contributed by atoms with E-state index in [9.17, 15) is 20.1 Å². The van der Waals surface area contributed by atoms with Gasteiger partial charge in [-0.3, -0.25) is 4.79 Å². The monoisotopic (exact) mass is 518 g/mol. The number of carbonyl (C=O) groups is 1. The zero-order valence-corrected chi connectivity index (χ0v) is 23.8. The lowest BCUT2D eigenvalue weighted by molar-refractivity contribution is 0.0990. The molecule has 1 aliphatic rings. The van der Waals surface area contributed by atoms with E-state index in [-0.39, 0.29) is 29.7 Å². The number of aromatic hydroxyl groups is 3. The molecule has 1 heterocycles. The molecule has 38 heavy (non-hydrogen) atoms. The van der Waals surface area contributed by atoms with Gasteiger partial charge in [0.1, 0.15) is 22.9 Å². The molecule has 0 unspecified atom stereocenters. The molecule has 204 valence electrons. The molecule has 6 heteroatoms. The maximum atomic E-state index is 13.9. The van der Waals surface area contributed by atoms with Crippen LogP contribution in [0.25, 0.3) is 0 Å². The Morgan fingerprint density at radius 1 is 0.842 bits per heavy atom. The molecule has 0 saturated carbocycles. The molecule has 0 radical (unpaired) electrons. The number of carbonyl (C=O) groups excluding carboxylic acids is 1. The summed E-state index contributed by atoms with van der Waals surface area (Å²) in [4.78, 5) is 17.2. The first-order chi connectivity index (χ1) is 17.8. The second-order valence-electron chi connectivity index (χ2n) is 11.4. The molecular formula is C32H42N2O4. The van der Waals surface area contributed by atoms with Crippen molar-refractivity contribution in [1.29, 1.82) is 0 Å². The fraction of sp³-hybridized carbons (Fsp3) is 0.406. The summed E-state index contributed by atoms with van der Waals surface area (Å²) in [6.45, 7) is 14.5. The Morgan fingerprint density at radius 2 is 1.47 bits per heavy atom. The molecule has 3 rings (SSSR count). The smallest absolute Gasteiger partial charge is 0.260 e. The van der Waals surface area contributed by atoms with Crippen molar-refractivity contribution in [2.45, 2.75) is 79.7 Å². The van der Waals surface area contributed by atoms with E-state index in [0.29, 0.717) is 22.6 Å². The van der Waals surface area contributed by atoms with Crippen molar-refractivity contribution in [1.82, 2.24) is 0 Å². The summed E-state index contributed by atoms with van der Waals surface area (Å²) in [5.41, 5.74) is 4.67. The van der Waals surface area contributed by atoms with Crippen molar-refractivity contribution in [2.75, 3.05) is 16.3 Å². The molecule has 6 nitrogen and oxygen atoms in total. The average Bonchev–Trinajstić information content (AvgIpc) is 2.91. The van der Waals surface area contributed by atoms with Crippen LogP contribution in [0.3, 0.4) is 0 Å². The largest absolute Gasteiger partial charge is 0.508 e. The maximum Gasteiger partial charge on any atom is 0.260 e. The number of benzene rings is 2. The summed E-state index contributed by atoms with van der Waals surface area (Å²) in [5, 5.41) is 32.2. The number of para-hydroxylation sites is 1. The lowest BCUT2D eigenvalue weighted by Crippen LogP contribution is -2.38. The molecule has 0 aromatic heterocycles. The van der Waals surface area contributed by atoms with Gasteiger partial charge in [0.15, 0.2) is 0 Å². The van der Waals surface area contributed by atoms with E-state index in [2.05, 4.69) is 39.8 Å². The average molecular weight is 519 g/mol. The summed E-state index contributed by atoms with van der Waals surface area (Å²) < 4.78 is 0. The molecular weight excluding hydrogens is 476 g/mol. The zero-order chi connectivity index (χ0) is 28.2. The van der Waals surface area contributed by atoms with Gasteiger partial charge in [-0.05, 0) is 86.3 Å². The predicted molar refractivity (Wildman–Crippen MR) is 157 cm³/mol. The minimum Gasteiger partial charge on any atom is -0.508 e. The first kappa shape index (κ1) is 28.9. The highest BCUT2D eigenvalue weighted by Gasteiger charge is 2.39. The van der Waals surface area contributed by atoms with Gasteiger partial charge < -0.3 is 25.1 Å². The van der Waals surface area contributed by atoms with E-state index in [1.54, 1.807) is 21.9 Å². The topological polar surface area (TPSA) is 84.2 Å². The van der Waals surface area contributed by atoms with Gasteiger partial charge in [0.25, 0.3) is 5.91 Å². The summed E-state index contributed by atoms with van der Waals surface area (Å²) in [6.07, 6.45) is 10.4. The molecule has 0 atom stereocenters. The van der Waals surface area contributed by atoms with Crippen LogP contribution in [0.5, 0.6) is 17.2 Å². The van der Waals surface area contributed by atoms with Crippen LogP contribution in [0, 0.1) is 0 Å². The van der Waals surface area contributed by atoms with Gasteiger partial charge in [-0.2, -0.15) is 0 Å². The Morgan fingerprint density at radius 3 is 2.11 bits per heavy atom. The van der Waals surface area contributed by atoms with Gasteiger partial charge in [-0.1, -0.05) is 41.0 Å². The molecule has 0 bridgehead atoms. The second kappa shape index (κ2) is 11.8. The standard InChI is InChI=1S/C32H42N2O4/c1-21(2)11-8-12-22(3)13-9-14-23(4)17-18-33-26-19-24(35)20-28(37)30(26)34(32(5,6)7)29-25(31(33)38)15-10-16-27(29)36/h10-11,13,15-17,19-20,35-37H,8-9,12,14,18H2,1-7H3/b22-13+,23-17+. The normalized spacial score (nSPS) is 14.2. The first-order valence-electron chi connectivity index (χ1n) is 13.3. The van der Waals surface area contributed by atoms with Crippen molar-refractivity contribution < 1.29 is 20.1 Å². The van der Waals surface area contributed by atoms with Gasteiger partial charge in [-0.25, -0.2) is 0 Å². The van der Waals surface area contributed by atoms with E-state index < -0.39 is 5.54 Å². The third kappa shape index (κ3) is 6.60. The number of rotatable bonds is 8. The van der Waals surface area contributed by atoms with Crippen LogP contribution in [0.2, 0.25) is 0 Å². The lowest BCUT2D eigenvalue weighted by Gasteiger charge is -2.39. The van der Waals surface area contributed by atoms with Crippen LogP contribution in [0.15, 0.2) is 65.3 Å². The summed E-state index contributed by atoms with van der Waals surface area (Å²) in [6, 6.07) is 7.63. The van der Waals surface area contributed by atoms with Crippen LogP contribution < -0.4 is 9.80 Å². The highest BCUT2D eigenvalue weighted by Crippen LogP contribution is 2.52. The van der Waals surface area contributed by atoms with Crippen LogP contribution in [0.1, 0.15) is 84.5 Å². The molecule has 3 N–H and O–H groups in total. The fourth-order valence-electron chi connectivity index (χ4n) is 4.77. The van der Waals surface area contributed by atoms with E-state index in [1.807, 2.05) is 26.8 Å². The van der Waals surface area contributed by atoms with E-state index >= 15 is 0 Å². The molecule has 2 aromatic rings. The Bertz CT molecular complexity index is 1280. The quantitative estimate of drug-likeness (QED) is 0.307. The van der Waals surface area contributed by atoms with Crippen LogP contribution in [-0.2, 0) is 0 Å². The Labute approximate surface area is 227 Å². The number of hydrogen-bond donors (Lipinski definition) is 3. The molecule has 0 spiro atoms. The van der Waals surface area contributed by atoms with Gasteiger partial charge in [0.2, 0.25) is 0 Å². The van der Waals surface area contributed by atoms with Gasteiger partial charge >= 0.3 is 0 Å². The fourth-order valence-corrected chi connectivity index (χ4v) is 4.77. The number of phenolic OH excluding ortho intramolecular Hbond substituents is 3. The highest BCUT2D eigenvalue weighted by molar-refractivity contribution is 6.15. The summed E-state index contributed by atoms with van der Waals surface area (Å²) in [5.74, 6) is -0.673. The molecule has 2 aromatic carbocycles. The minimum absolute atomic E-state index is 0.0514. The van der Waals surface area contributed by atoms with Gasteiger partial charge in [0.05, 0.1) is 16.9 Å². The third-order valence-electron chi connectivity index (χ3n) is 6.70. The second-order valence-corrected chi connectivity index (χ2v) is 11.4. The Balaban J connectivity index is 1.96. The minimum atomic E-state index is -0.603. The van der Waals surface area contributed by atoms with Crippen molar-refractivity contribution in [2.24, 2.45) is 0 Å². The summed E-state index contributed by atoms with van der Waals surface area (Å²) in [7, 11) is 0. The first-order valence-corrected chi connectivity index (χ1v) is 13.3. The third-order valence-corrected chi connectivity index (χ3v) is 6.70. The number of phenols is 3. The number of hydrogen-bond acceptors (Lipinski definition) is 5. The molecule has 0 saturated heterocycles. The van der Waals surface area contributed by atoms with Gasteiger partial charge in [-0.15, -0.1) is 0 Å². The Hall–Kier alpha value is -3.67. The van der Waals surface area contributed by atoms with Crippen molar-refractivity contribution in [3.05, 3.63) is 70.8 Å². The van der Waals surface area contributed by atoms with Crippen molar-refractivity contribution >= 4 is 23.0 Å². The molecule has 1 amide bonds. The van der Waals surface area contributed by atoms with E-state index in [4.69, 9.17) is 0 Å². The van der Waals surface area contributed by atoms with Crippen molar-refractivity contribution in [3.8, 4) is 17.2 Å². The molecule has 0 fully saturated rings. The van der Waals surface area contributed by atoms with Crippen LogP contribution >= 0.6 is 0 Å². The SMILES string of the molecule is CC(C)=CCC/C(C)=C/CC/C(C)=C/CN1C(=O)c2cccc(O)c2N(C(C)(C)C)c2c(O)cc(O)cc21. The number of nitrogens with zero attached hydrogens (tertiary/aromatic N) is 2. The van der Waals surface area contributed by atoms with Crippen LogP contribution in [0.4, 0.5) is 17.1 Å². The van der Waals surface area contributed by atoms with Crippen molar-refractivity contribution in [3.63, 3.8) is 0 Å². The predicted octanol–water partition coefficient (Wildman–Crippen LogP) is 8.12. The lowest BCUT2D eigenvalue weighted by atomic mass is 10.00. The molecule has 0 aliphatic carbocycles. The summed E-state index contributed by atoms with van der Waals surface area (Å²) >= 11 is 0. The number of fused-ring (bicyclic) bond motifs is 2.